The van der Waals surface area contributed by atoms with E-state index >= 15 is 0 Å². The quantitative estimate of drug-likeness (QED) is 0.732. The highest BCUT2D eigenvalue weighted by Crippen LogP contribution is 2.36. The first-order chi connectivity index (χ1) is 12.9. The first kappa shape index (κ1) is 18.3. The zero-order valence-electron chi connectivity index (χ0n) is 15.0. The van der Waals surface area contributed by atoms with Crippen molar-refractivity contribution in [2.24, 2.45) is 0 Å². The second kappa shape index (κ2) is 6.84. The van der Waals surface area contributed by atoms with Gasteiger partial charge in [0.15, 0.2) is 9.84 Å². The van der Waals surface area contributed by atoms with Crippen molar-refractivity contribution in [3.8, 4) is 0 Å². The summed E-state index contributed by atoms with van der Waals surface area (Å²) in [6, 6.07) is 14.3. The lowest BCUT2D eigenvalue weighted by Crippen LogP contribution is -2.37. The van der Waals surface area contributed by atoms with E-state index in [0.717, 1.165) is 17.7 Å². The number of nitrogens with zero attached hydrogens (tertiary/aromatic N) is 2. The van der Waals surface area contributed by atoms with E-state index in [1.54, 1.807) is 21.9 Å². The molecule has 27 heavy (non-hydrogen) atoms. The third-order valence-corrected chi connectivity index (χ3v) is 7.32. The van der Waals surface area contributed by atoms with Crippen LogP contribution in [-0.2, 0) is 22.8 Å². The molecule has 0 saturated carbocycles. The summed E-state index contributed by atoms with van der Waals surface area (Å²) in [7, 11) is -3.17. The lowest BCUT2D eigenvalue weighted by molar-refractivity contribution is 0.206. The first-order valence-electron chi connectivity index (χ1n) is 9.01. The fourth-order valence-corrected chi connectivity index (χ4v) is 6.02. The maximum Gasteiger partial charge on any atom is 0.325 e. The standard InChI is InChI=1S/C20H21ClN2O3S/c1-2-14-5-9-17(10-6-14)23-19-13-27(25,26)12-18(19)22(20(23)24)11-15-3-7-16(21)8-4-15/h3-10,18-19H,2,11-13H2,1H3/t18-,19-/m0/s1. The van der Waals surface area contributed by atoms with Crippen LogP contribution in [0.4, 0.5) is 10.5 Å². The molecule has 0 radical (unpaired) electrons. The average molecular weight is 405 g/mol. The summed E-state index contributed by atoms with van der Waals surface area (Å²) < 4.78 is 24.6. The Hall–Kier alpha value is -2.05. The predicted octanol–water partition coefficient (Wildman–Crippen LogP) is 3.51. The van der Waals surface area contributed by atoms with Crippen LogP contribution in [-0.4, -0.2) is 42.9 Å². The van der Waals surface area contributed by atoms with Crippen LogP contribution in [0.2, 0.25) is 5.02 Å². The molecule has 7 heteroatoms. The van der Waals surface area contributed by atoms with Crippen LogP contribution in [0.3, 0.4) is 0 Å². The number of carbonyl (C=O) groups is 1. The van der Waals surface area contributed by atoms with E-state index in [2.05, 4.69) is 6.92 Å². The largest absolute Gasteiger partial charge is 0.325 e. The Kier molecular flexibility index (Phi) is 4.64. The number of aryl methyl sites for hydroxylation is 1. The zero-order chi connectivity index (χ0) is 19.2. The Labute approximate surface area is 164 Å². The Balaban J connectivity index is 1.67. The van der Waals surface area contributed by atoms with Crippen LogP contribution in [0.25, 0.3) is 0 Å². The normalized spacial score (nSPS) is 23.7. The Morgan fingerprint density at radius 1 is 0.963 bits per heavy atom. The molecule has 4 rings (SSSR count). The molecule has 2 aromatic carbocycles. The van der Waals surface area contributed by atoms with E-state index in [9.17, 15) is 13.2 Å². The highest BCUT2D eigenvalue weighted by Gasteiger charge is 2.53. The van der Waals surface area contributed by atoms with Gasteiger partial charge in [-0.2, -0.15) is 0 Å². The first-order valence-corrected chi connectivity index (χ1v) is 11.2. The molecule has 2 amide bonds. The van der Waals surface area contributed by atoms with Gasteiger partial charge in [0.1, 0.15) is 0 Å². The molecule has 2 atom stereocenters. The Morgan fingerprint density at radius 2 is 1.56 bits per heavy atom. The van der Waals surface area contributed by atoms with E-state index in [0.29, 0.717) is 11.6 Å². The van der Waals surface area contributed by atoms with Gasteiger partial charge in [-0.1, -0.05) is 42.8 Å². The van der Waals surface area contributed by atoms with Gasteiger partial charge in [-0.15, -0.1) is 0 Å². The number of hydrogen-bond donors (Lipinski definition) is 0. The topological polar surface area (TPSA) is 57.7 Å². The molecule has 0 spiro atoms. The van der Waals surface area contributed by atoms with Gasteiger partial charge >= 0.3 is 6.03 Å². The number of urea groups is 1. The summed E-state index contributed by atoms with van der Waals surface area (Å²) in [5, 5.41) is 0.630. The number of rotatable bonds is 4. The van der Waals surface area contributed by atoms with Gasteiger partial charge in [0.25, 0.3) is 0 Å². The minimum absolute atomic E-state index is 0.00997. The van der Waals surface area contributed by atoms with E-state index in [1.807, 2.05) is 36.4 Å². The summed E-state index contributed by atoms with van der Waals surface area (Å²) in [4.78, 5) is 16.5. The molecule has 2 heterocycles. The van der Waals surface area contributed by atoms with Gasteiger partial charge < -0.3 is 4.90 Å². The van der Waals surface area contributed by atoms with E-state index in [4.69, 9.17) is 11.6 Å². The van der Waals surface area contributed by atoms with Crippen molar-refractivity contribution < 1.29 is 13.2 Å². The number of anilines is 1. The van der Waals surface area contributed by atoms with Crippen LogP contribution < -0.4 is 4.90 Å². The summed E-state index contributed by atoms with van der Waals surface area (Å²) in [6.07, 6.45) is 0.914. The maximum absolute atomic E-state index is 13.2. The lowest BCUT2D eigenvalue weighted by atomic mass is 10.1. The van der Waals surface area contributed by atoms with Gasteiger partial charge in [0.05, 0.1) is 23.6 Å². The summed E-state index contributed by atoms with van der Waals surface area (Å²) in [5.74, 6) is 0.0244. The number of hydrogen-bond acceptors (Lipinski definition) is 3. The maximum atomic E-state index is 13.2. The number of fused-ring (bicyclic) bond motifs is 1. The van der Waals surface area contributed by atoms with Crippen LogP contribution >= 0.6 is 11.6 Å². The summed E-state index contributed by atoms with van der Waals surface area (Å²) >= 11 is 5.94. The third kappa shape index (κ3) is 3.44. The molecule has 0 unspecified atom stereocenters. The molecule has 5 nitrogen and oxygen atoms in total. The molecular weight excluding hydrogens is 384 g/mol. The van der Waals surface area contributed by atoms with Crippen molar-refractivity contribution in [2.75, 3.05) is 16.4 Å². The Bertz CT molecular complexity index is 958. The lowest BCUT2D eigenvalue weighted by Gasteiger charge is -2.23. The highest BCUT2D eigenvalue weighted by atomic mass is 35.5. The van der Waals surface area contributed by atoms with Crippen LogP contribution in [0.1, 0.15) is 18.1 Å². The van der Waals surface area contributed by atoms with Crippen molar-refractivity contribution in [2.45, 2.75) is 32.0 Å². The van der Waals surface area contributed by atoms with Gasteiger partial charge in [0, 0.05) is 17.3 Å². The van der Waals surface area contributed by atoms with Crippen LogP contribution in [0.15, 0.2) is 48.5 Å². The van der Waals surface area contributed by atoms with Crippen molar-refractivity contribution in [1.82, 2.24) is 4.90 Å². The summed E-state index contributed by atoms with van der Waals surface area (Å²) in [6.45, 7) is 2.44. The molecule has 0 aliphatic carbocycles. The molecule has 2 saturated heterocycles. The molecule has 142 valence electrons. The minimum atomic E-state index is -3.17. The van der Waals surface area contributed by atoms with Crippen LogP contribution in [0, 0.1) is 0 Å². The SMILES string of the molecule is CCc1ccc(N2C(=O)N(Cc3ccc(Cl)cc3)[C@H]3CS(=O)(=O)C[C@@H]32)cc1. The third-order valence-electron chi connectivity index (χ3n) is 5.37. The molecular formula is C20H21ClN2O3S. The van der Waals surface area contributed by atoms with E-state index in [1.165, 1.54) is 5.56 Å². The number of amides is 2. The number of carbonyl (C=O) groups excluding carboxylic acids is 1. The van der Waals surface area contributed by atoms with Crippen molar-refractivity contribution in [1.29, 1.82) is 0 Å². The van der Waals surface area contributed by atoms with E-state index < -0.39 is 9.84 Å². The molecule has 2 fully saturated rings. The van der Waals surface area contributed by atoms with Crippen molar-refractivity contribution >= 4 is 33.2 Å². The van der Waals surface area contributed by atoms with Gasteiger partial charge in [-0.05, 0) is 41.8 Å². The van der Waals surface area contributed by atoms with Gasteiger partial charge in [0.2, 0.25) is 0 Å². The fraction of sp³-hybridized carbons (Fsp3) is 0.350. The molecule has 0 N–H and O–H groups in total. The van der Waals surface area contributed by atoms with E-state index in [-0.39, 0.29) is 29.6 Å². The number of benzene rings is 2. The van der Waals surface area contributed by atoms with Gasteiger partial charge in [-0.3, -0.25) is 4.90 Å². The number of sulfone groups is 1. The predicted molar refractivity (Wildman–Crippen MR) is 107 cm³/mol. The average Bonchev–Trinajstić information content (AvgIpc) is 3.07. The van der Waals surface area contributed by atoms with Crippen molar-refractivity contribution in [3.63, 3.8) is 0 Å². The fourth-order valence-electron chi connectivity index (χ4n) is 3.94. The van der Waals surface area contributed by atoms with Gasteiger partial charge in [-0.25, -0.2) is 13.2 Å². The summed E-state index contributed by atoms with van der Waals surface area (Å²) in [5.41, 5.74) is 2.86. The minimum Gasteiger partial charge on any atom is -0.314 e. The monoisotopic (exact) mass is 404 g/mol. The second-order valence-electron chi connectivity index (χ2n) is 7.14. The number of halogens is 1. The smallest absolute Gasteiger partial charge is 0.314 e. The molecule has 0 bridgehead atoms. The second-order valence-corrected chi connectivity index (χ2v) is 9.73. The Morgan fingerprint density at radius 3 is 2.19 bits per heavy atom. The molecule has 0 aromatic heterocycles. The highest BCUT2D eigenvalue weighted by molar-refractivity contribution is 7.91. The zero-order valence-corrected chi connectivity index (χ0v) is 16.6. The van der Waals surface area contributed by atoms with Crippen LogP contribution in [0.5, 0.6) is 0 Å². The molecule has 2 aliphatic rings. The molecule has 2 aromatic rings. The van der Waals surface area contributed by atoms with Crippen molar-refractivity contribution in [3.05, 3.63) is 64.7 Å². The molecule has 2 aliphatic heterocycles.